The number of nitrogens with one attached hydrogen (secondary N) is 2. The molecule has 19 heavy (non-hydrogen) atoms. The fraction of sp³-hybridized carbons (Fsp3) is 0.846. The van der Waals surface area contributed by atoms with E-state index >= 15 is 0 Å². The van der Waals surface area contributed by atoms with Crippen LogP contribution in [0.4, 0.5) is 4.79 Å². The molecule has 0 aromatic rings. The van der Waals surface area contributed by atoms with Crippen LogP contribution in [0.5, 0.6) is 0 Å². The van der Waals surface area contributed by atoms with E-state index in [1.54, 1.807) is 0 Å². The molecule has 0 aliphatic heterocycles. The molecule has 0 aromatic carbocycles. The van der Waals surface area contributed by atoms with E-state index in [9.17, 15) is 9.59 Å². The van der Waals surface area contributed by atoms with Gasteiger partial charge in [-0.1, -0.05) is 13.8 Å². The monoisotopic (exact) mass is 274 g/mol. The van der Waals surface area contributed by atoms with Crippen LogP contribution >= 0.6 is 0 Å². The highest BCUT2D eigenvalue weighted by Crippen LogP contribution is 2.03. The molecule has 0 saturated heterocycles. The van der Waals surface area contributed by atoms with Crippen LogP contribution in [0.1, 0.15) is 39.5 Å². The van der Waals surface area contributed by atoms with Gasteiger partial charge < -0.3 is 20.5 Å². The lowest BCUT2D eigenvalue weighted by Crippen LogP contribution is -2.38. The SMILES string of the molecule is CCCOCCCNC(=O)NCC(C)CCC(=O)O. The van der Waals surface area contributed by atoms with Gasteiger partial charge in [0, 0.05) is 32.7 Å². The first-order valence-corrected chi connectivity index (χ1v) is 6.87. The summed E-state index contributed by atoms with van der Waals surface area (Å²) in [4.78, 5) is 21.8. The van der Waals surface area contributed by atoms with Gasteiger partial charge in [-0.25, -0.2) is 4.79 Å². The first kappa shape index (κ1) is 17.7. The van der Waals surface area contributed by atoms with Crippen LogP contribution in [0.15, 0.2) is 0 Å². The lowest BCUT2D eigenvalue weighted by atomic mass is 10.1. The summed E-state index contributed by atoms with van der Waals surface area (Å²) in [7, 11) is 0. The Morgan fingerprint density at radius 3 is 2.63 bits per heavy atom. The molecule has 1 atom stereocenters. The summed E-state index contributed by atoms with van der Waals surface area (Å²) in [6.45, 7) is 6.46. The van der Waals surface area contributed by atoms with E-state index in [-0.39, 0.29) is 18.4 Å². The molecule has 0 fully saturated rings. The van der Waals surface area contributed by atoms with Crippen molar-refractivity contribution in [3.8, 4) is 0 Å². The lowest BCUT2D eigenvalue weighted by molar-refractivity contribution is -0.137. The summed E-state index contributed by atoms with van der Waals surface area (Å²) in [5.74, 6) is -0.641. The first-order valence-electron chi connectivity index (χ1n) is 6.87. The molecule has 6 heteroatoms. The molecule has 0 radical (unpaired) electrons. The fourth-order valence-electron chi connectivity index (χ4n) is 1.42. The maximum absolute atomic E-state index is 11.4. The van der Waals surface area contributed by atoms with E-state index in [4.69, 9.17) is 9.84 Å². The van der Waals surface area contributed by atoms with Crippen molar-refractivity contribution in [1.29, 1.82) is 0 Å². The summed E-state index contributed by atoms with van der Waals surface area (Å²) >= 11 is 0. The van der Waals surface area contributed by atoms with Gasteiger partial charge >= 0.3 is 12.0 Å². The Bertz CT molecular complexity index is 259. The Balaban J connectivity index is 3.40. The number of carboxylic acids is 1. The number of rotatable bonds is 11. The van der Waals surface area contributed by atoms with Gasteiger partial charge in [-0.05, 0) is 25.2 Å². The van der Waals surface area contributed by atoms with E-state index < -0.39 is 5.97 Å². The molecule has 0 aliphatic rings. The van der Waals surface area contributed by atoms with E-state index in [1.165, 1.54) is 0 Å². The van der Waals surface area contributed by atoms with Crippen molar-refractivity contribution < 1.29 is 19.4 Å². The molecule has 0 aromatic heterocycles. The molecule has 0 heterocycles. The highest BCUT2D eigenvalue weighted by atomic mass is 16.5. The number of amides is 2. The maximum atomic E-state index is 11.4. The zero-order valence-corrected chi connectivity index (χ0v) is 11.9. The highest BCUT2D eigenvalue weighted by molar-refractivity contribution is 5.73. The third-order valence-corrected chi connectivity index (χ3v) is 2.56. The molecule has 0 saturated carbocycles. The summed E-state index contributed by atoms with van der Waals surface area (Å²) in [5.41, 5.74) is 0. The van der Waals surface area contributed by atoms with Crippen LogP contribution in [0.2, 0.25) is 0 Å². The molecule has 0 rings (SSSR count). The zero-order valence-electron chi connectivity index (χ0n) is 11.9. The molecule has 112 valence electrons. The van der Waals surface area contributed by atoms with Gasteiger partial charge in [0.2, 0.25) is 0 Å². The van der Waals surface area contributed by atoms with Crippen molar-refractivity contribution in [2.45, 2.75) is 39.5 Å². The molecule has 6 nitrogen and oxygen atoms in total. The second-order valence-corrected chi connectivity index (χ2v) is 4.64. The van der Waals surface area contributed by atoms with Gasteiger partial charge in [-0.3, -0.25) is 4.79 Å². The van der Waals surface area contributed by atoms with Crippen molar-refractivity contribution in [3.63, 3.8) is 0 Å². The van der Waals surface area contributed by atoms with Crippen LogP contribution in [0.25, 0.3) is 0 Å². The molecule has 3 N–H and O–H groups in total. The second-order valence-electron chi connectivity index (χ2n) is 4.64. The topological polar surface area (TPSA) is 87.7 Å². The van der Waals surface area contributed by atoms with Gasteiger partial charge in [-0.2, -0.15) is 0 Å². The van der Waals surface area contributed by atoms with Crippen LogP contribution in [0, 0.1) is 5.92 Å². The molecule has 1 unspecified atom stereocenters. The van der Waals surface area contributed by atoms with Crippen LogP contribution in [0.3, 0.4) is 0 Å². The van der Waals surface area contributed by atoms with E-state index in [0.717, 1.165) is 19.4 Å². The van der Waals surface area contributed by atoms with Crippen molar-refractivity contribution in [3.05, 3.63) is 0 Å². The van der Waals surface area contributed by atoms with Gasteiger partial charge in [0.05, 0.1) is 0 Å². The zero-order chi connectivity index (χ0) is 14.5. The number of hydrogen-bond acceptors (Lipinski definition) is 3. The average molecular weight is 274 g/mol. The average Bonchev–Trinajstić information content (AvgIpc) is 2.38. The summed E-state index contributed by atoms with van der Waals surface area (Å²) in [5, 5.41) is 14.0. The number of urea groups is 1. The predicted molar refractivity (Wildman–Crippen MR) is 73.2 cm³/mol. The van der Waals surface area contributed by atoms with Crippen molar-refractivity contribution in [2.24, 2.45) is 5.92 Å². The minimum absolute atomic E-state index is 0.138. The summed E-state index contributed by atoms with van der Waals surface area (Å²) in [6.07, 6.45) is 2.50. The van der Waals surface area contributed by atoms with Crippen LogP contribution in [-0.2, 0) is 9.53 Å². The van der Waals surface area contributed by atoms with Gasteiger partial charge in [0.25, 0.3) is 0 Å². The first-order chi connectivity index (χ1) is 9.06. The number of carboxylic acid groups (broad SMARTS) is 1. The van der Waals surface area contributed by atoms with Gasteiger partial charge in [-0.15, -0.1) is 0 Å². The molecule has 2 amide bonds. The number of hydrogen-bond donors (Lipinski definition) is 3. The largest absolute Gasteiger partial charge is 0.481 e. The Labute approximate surface area is 114 Å². The number of ether oxygens (including phenoxy) is 1. The van der Waals surface area contributed by atoms with Crippen LogP contribution in [-0.4, -0.2) is 43.4 Å². The number of carbonyl (C=O) groups is 2. The van der Waals surface area contributed by atoms with Gasteiger partial charge in [0.15, 0.2) is 0 Å². The quantitative estimate of drug-likeness (QED) is 0.499. The number of carbonyl (C=O) groups excluding carboxylic acids is 1. The van der Waals surface area contributed by atoms with Crippen LogP contribution < -0.4 is 10.6 Å². The summed E-state index contributed by atoms with van der Waals surface area (Å²) < 4.78 is 5.29. The fourth-order valence-corrected chi connectivity index (χ4v) is 1.42. The Kier molecular flexibility index (Phi) is 11.0. The molecule has 0 spiro atoms. The minimum Gasteiger partial charge on any atom is -0.481 e. The maximum Gasteiger partial charge on any atom is 0.314 e. The van der Waals surface area contributed by atoms with E-state index in [1.807, 2.05) is 6.92 Å². The normalized spacial score (nSPS) is 11.9. The lowest BCUT2D eigenvalue weighted by Gasteiger charge is -2.12. The van der Waals surface area contributed by atoms with Crippen molar-refractivity contribution >= 4 is 12.0 Å². The highest BCUT2D eigenvalue weighted by Gasteiger charge is 2.07. The standard InChI is InChI=1S/C13H26N2O4/c1-3-8-19-9-4-7-14-13(18)15-10-11(2)5-6-12(16)17/h11H,3-10H2,1-2H3,(H,16,17)(H2,14,15,18). The predicted octanol–water partition coefficient (Wildman–Crippen LogP) is 1.60. The Morgan fingerprint density at radius 1 is 1.26 bits per heavy atom. The second kappa shape index (κ2) is 11.8. The van der Waals surface area contributed by atoms with E-state index in [2.05, 4.69) is 17.6 Å². The molecule has 0 aliphatic carbocycles. The molecule has 0 bridgehead atoms. The smallest absolute Gasteiger partial charge is 0.314 e. The Hall–Kier alpha value is -1.30. The minimum atomic E-state index is -0.802. The van der Waals surface area contributed by atoms with Crippen molar-refractivity contribution in [1.82, 2.24) is 10.6 Å². The third kappa shape index (κ3) is 12.9. The van der Waals surface area contributed by atoms with Gasteiger partial charge in [0.1, 0.15) is 0 Å². The number of aliphatic carboxylic acids is 1. The third-order valence-electron chi connectivity index (χ3n) is 2.56. The Morgan fingerprint density at radius 2 is 2.00 bits per heavy atom. The summed E-state index contributed by atoms with van der Waals surface area (Å²) in [6, 6.07) is -0.210. The van der Waals surface area contributed by atoms with E-state index in [0.29, 0.717) is 26.1 Å². The molecular formula is C13H26N2O4. The molecular weight excluding hydrogens is 248 g/mol. The van der Waals surface area contributed by atoms with Crippen molar-refractivity contribution in [2.75, 3.05) is 26.3 Å².